The van der Waals surface area contributed by atoms with Crippen molar-refractivity contribution in [3.63, 3.8) is 0 Å². The maximum absolute atomic E-state index is 5.25. The first-order valence-electron chi connectivity index (χ1n) is 2.06. The highest BCUT2D eigenvalue weighted by Gasteiger charge is 1.73. The molecular weight excluding hydrogens is 88.1 g/mol. The summed E-state index contributed by atoms with van der Waals surface area (Å²) in [5, 5.41) is 0. The first kappa shape index (κ1) is 4.12. The lowest BCUT2D eigenvalue weighted by Gasteiger charge is -1.82. The van der Waals surface area contributed by atoms with Crippen LogP contribution in [0.2, 0.25) is 0 Å². The molecule has 0 saturated carbocycles. The lowest BCUT2D eigenvalue weighted by Crippen LogP contribution is -1.85. The Morgan fingerprint density at radius 3 is 2.57 bits per heavy atom. The Kier molecular flexibility index (Phi) is 0.941. The second-order valence-electron chi connectivity index (χ2n) is 1.25. The number of nitrogens with zero attached hydrogens (tertiary/aromatic N) is 1. The summed E-state index contributed by atoms with van der Waals surface area (Å²) in [5.41, 5.74) is 5.25. The second-order valence-corrected chi connectivity index (χ2v) is 1.25. The fourth-order valence-electron chi connectivity index (χ4n) is 0.376. The number of aromatic nitrogens is 1. The Labute approximate surface area is 42.0 Å². The summed E-state index contributed by atoms with van der Waals surface area (Å²) in [6, 6.07) is 5.43. The number of nitrogen functional groups attached to an aromatic ring is 1. The second kappa shape index (κ2) is 1.60. The lowest BCUT2D eigenvalue weighted by atomic mass is 10.5. The minimum atomic E-state index is 0.572. The molecule has 0 aliphatic heterocycles. The van der Waals surface area contributed by atoms with Crippen molar-refractivity contribution < 1.29 is 0 Å². The third-order valence-corrected chi connectivity index (χ3v) is 0.688. The first-order chi connectivity index (χ1) is 3.39. The summed E-state index contributed by atoms with van der Waals surface area (Å²) >= 11 is 0. The molecule has 2 heteroatoms. The highest BCUT2D eigenvalue weighted by molar-refractivity contribution is 5.25. The normalized spacial score (nSPS) is 8.57. The molecule has 0 unspecified atom stereocenters. The van der Waals surface area contributed by atoms with Gasteiger partial charge in [0.2, 0.25) is 0 Å². The van der Waals surface area contributed by atoms with Gasteiger partial charge >= 0.3 is 0 Å². The van der Waals surface area contributed by atoms with Crippen LogP contribution in [-0.4, -0.2) is 4.98 Å². The number of pyridine rings is 1. The molecule has 2 N–H and O–H groups in total. The van der Waals surface area contributed by atoms with Gasteiger partial charge in [0.05, 0.1) is 0 Å². The third kappa shape index (κ3) is 0.892. The number of nitrogens with two attached hydrogens (primary N) is 1. The molecule has 0 radical (unpaired) electrons. The SMILES string of the molecule is [14NH2]c1ccccn1. The van der Waals surface area contributed by atoms with Gasteiger partial charge in [-0.1, -0.05) is 6.07 Å². The van der Waals surface area contributed by atoms with Crippen LogP contribution in [0.15, 0.2) is 24.4 Å². The predicted octanol–water partition coefficient (Wildman–Crippen LogP) is 0.664. The molecule has 0 amide bonds. The van der Waals surface area contributed by atoms with Crippen molar-refractivity contribution >= 4 is 5.82 Å². The van der Waals surface area contributed by atoms with Crippen LogP contribution in [0.25, 0.3) is 0 Å². The molecule has 7 heavy (non-hydrogen) atoms. The molecule has 0 fully saturated rings. The van der Waals surface area contributed by atoms with Gasteiger partial charge in [0.25, 0.3) is 0 Å². The molecule has 0 atom stereocenters. The van der Waals surface area contributed by atoms with E-state index in [4.69, 9.17) is 5.73 Å². The summed E-state index contributed by atoms with van der Waals surface area (Å²) in [7, 11) is 0. The molecule has 36 valence electrons. The van der Waals surface area contributed by atoms with Gasteiger partial charge in [0.15, 0.2) is 0 Å². The Balaban J connectivity index is 3.02. The lowest BCUT2D eigenvalue weighted by molar-refractivity contribution is 1.34. The van der Waals surface area contributed by atoms with Crippen LogP contribution in [0.4, 0.5) is 5.82 Å². The smallest absolute Gasteiger partial charge is 0.123 e. The molecule has 0 saturated heterocycles. The fraction of sp³-hybridized carbons (Fsp3) is 0. The van der Waals surface area contributed by atoms with Crippen molar-refractivity contribution in [1.29, 1.82) is 0 Å². The van der Waals surface area contributed by atoms with E-state index in [1.807, 2.05) is 12.1 Å². The van der Waals surface area contributed by atoms with Crippen LogP contribution < -0.4 is 5.73 Å². The van der Waals surface area contributed by atoms with E-state index < -0.39 is 0 Å². The van der Waals surface area contributed by atoms with Crippen molar-refractivity contribution in [2.75, 3.05) is 5.73 Å². The molecule has 2 nitrogen and oxygen atoms in total. The number of hydrogen-bond donors (Lipinski definition) is 1. The van der Waals surface area contributed by atoms with E-state index in [1.54, 1.807) is 12.3 Å². The summed E-state index contributed by atoms with van der Waals surface area (Å²) in [6.07, 6.45) is 1.66. The molecular formula is C5H6N2. The summed E-state index contributed by atoms with van der Waals surface area (Å²) in [6.45, 7) is 0. The van der Waals surface area contributed by atoms with Crippen LogP contribution in [0.3, 0.4) is 0 Å². The standard InChI is InChI=1S/C5H6N2/c6-5-3-1-2-4-7-5/h1-4H,(H2,6,7)/i6+0. The maximum Gasteiger partial charge on any atom is 0.123 e. The molecule has 1 rings (SSSR count). The first-order valence-corrected chi connectivity index (χ1v) is 2.06. The van der Waals surface area contributed by atoms with Crippen LogP contribution in [0.1, 0.15) is 0 Å². The minimum absolute atomic E-state index is 0.572. The highest BCUT2D eigenvalue weighted by atomic mass is 14.8. The summed E-state index contributed by atoms with van der Waals surface area (Å²) in [4.78, 5) is 3.76. The van der Waals surface area contributed by atoms with Gasteiger partial charge in [-0.15, -0.1) is 0 Å². The zero-order chi connectivity index (χ0) is 5.11. The van der Waals surface area contributed by atoms with Crippen LogP contribution in [0.5, 0.6) is 0 Å². The van der Waals surface area contributed by atoms with Gasteiger partial charge in [0.1, 0.15) is 5.82 Å². The average Bonchev–Trinajstić information content (AvgIpc) is 1.69. The third-order valence-electron chi connectivity index (χ3n) is 0.688. The van der Waals surface area contributed by atoms with Crippen molar-refractivity contribution in [2.45, 2.75) is 0 Å². The zero-order valence-electron chi connectivity index (χ0n) is 3.83. The van der Waals surface area contributed by atoms with Crippen molar-refractivity contribution in [3.8, 4) is 0 Å². The topological polar surface area (TPSA) is 38.9 Å². The van der Waals surface area contributed by atoms with Crippen LogP contribution >= 0.6 is 0 Å². The average molecular weight is 94.1 g/mol. The van der Waals surface area contributed by atoms with Gasteiger partial charge in [-0.05, 0) is 12.1 Å². The van der Waals surface area contributed by atoms with Gasteiger partial charge in [-0.3, -0.25) is 0 Å². The van der Waals surface area contributed by atoms with Gasteiger partial charge in [-0.2, -0.15) is 0 Å². The van der Waals surface area contributed by atoms with Crippen LogP contribution in [0, 0.1) is 0 Å². The van der Waals surface area contributed by atoms with Gasteiger partial charge < -0.3 is 5.73 Å². The Morgan fingerprint density at radius 2 is 2.29 bits per heavy atom. The summed E-state index contributed by atoms with van der Waals surface area (Å²) < 4.78 is 0. The minimum Gasteiger partial charge on any atom is -0.384 e. The molecule has 0 aliphatic carbocycles. The van der Waals surface area contributed by atoms with E-state index in [2.05, 4.69) is 4.98 Å². The molecule has 1 aromatic heterocycles. The van der Waals surface area contributed by atoms with E-state index in [9.17, 15) is 0 Å². The van der Waals surface area contributed by atoms with Gasteiger partial charge in [0, 0.05) is 6.20 Å². The van der Waals surface area contributed by atoms with Crippen LogP contribution in [-0.2, 0) is 0 Å². The quantitative estimate of drug-likeness (QED) is 0.513. The van der Waals surface area contributed by atoms with E-state index in [1.165, 1.54) is 0 Å². The van der Waals surface area contributed by atoms with E-state index >= 15 is 0 Å². The molecule has 1 aromatic rings. The van der Waals surface area contributed by atoms with E-state index in [-0.39, 0.29) is 0 Å². The number of anilines is 1. The monoisotopic (exact) mass is 94.1 g/mol. The van der Waals surface area contributed by atoms with Crippen molar-refractivity contribution in [1.82, 2.24) is 4.98 Å². The largest absolute Gasteiger partial charge is 0.384 e. The Morgan fingerprint density at radius 1 is 1.43 bits per heavy atom. The molecule has 0 bridgehead atoms. The maximum atomic E-state index is 5.25. The molecule has 1 heterocycles. The molecule has 0 aliphatic rings. The summed E-state index contributed by atoms with van der Waals surface area (Å²) in [5.74, 6) is 0.572. The highest BCUT2D eigenvalue weighted by Crippen LogP contribution is 1.89. The van der Waals surface area contributed by atoms with Crippen molar-refractivity contribution in [2.24, 2.45) is 0 Å². The zero-order valence-corrected chi connectivity index (χ0v) is 3.83. The molecule has 0 spiro atoms. The fourth-order valence-corrected chi connectivity index (χ4v) is 0.376. The Hall–Kier alpha value is -1.05. The van der Waals surface area contributed by atoms with Crippen molar-refractivity contribution in [3.05, 3.63) is 24.4 Å². The number of hydrogen-bond acceptors (Lipinski definition) is 2. The number of rotatable bonds is 0. The predicted molar refractivity (Wildman–Crippen MR) is 28.6 cm³/mol. The van der Waals surface area contributed by atoms with Gasteiger partial charge in [-0.25, -0.2) is 4.98 Å². The van der Waals surface area contributed by atoms with E-state index in [0.717, 1.165) is 0 Å². The Bertz CT molecular complexity index is 136. The molecule has 0 aromatic carbocycles. The van der Waals surface area contributed by atoms with E-state index in [0.29, 0.717) is 5.82 Å².